The molecule has 0 aliphatic rings. The van der Waals surface area contributed by atoms with E-state index in [0.717, 1.165) is 22.9 Å². The lowest BCUT2D eigenvalue weighted by molar-refractivity contribution is 0.0749. The standard InChI is InChI=1S/C25H24N2O2S/c1-17-13-20-15-21(24(28)26-22(20)14-18(17)2)16-27(25(29)23-9-6-12-30-23)11-10-19-7-4-3-5-8-19/h3-9,12-15H,10-11,16H2,1-2H3,(H,26,28). The predicted molar refractivity (Wildman–Crippen MR) is 123 cm³/mol. The first-order valence-corrected chi connectivity index (χ1v) is 10.9. The first-order chi connectivity index (χ1) is 14.5. The summed E-state index contributed by atoms with van der Waals surface area (Å²) in [4.78, 5) is 31.3. The van der Waals surface area contributed by atoms with E-state index >= 15 is 0 Å². The fraction of sp³-hybridized carbons (Fsp3) is 0.200. The lowest BCUT2D eigenvalue weighted by atomic mass is 10.0. The van der Waals surface area contributed by atoms with Gasteiger partial charge in [-0.25, -0.2) is 0 Å². The van der Waals surface area contributed by atoms with Crippen LogP contribution < -0.4 is 5.56 Å². The molecular formula is C25H24N2O2S. The molecule has 30 heavy (non-hydrogen) atoms. The Kier molecular flexibility index (Phi) is 5.81. The third kappa shape index (κ3) is 4.36. The van der Waals surface area contributed by atoms with Crippen molar-refractivity contribution in [2.45, 2.75) is 26.8 Å². The first-order valence-electron chi connectivity index (χ1n) is 10.0. The maximum atomic E-state index is 13.1. The number of aromatic amines is 1. The van der Waals surface area contributed by atoms with Crippen molar-refractivity contribution in [3.8, 4) is 0 Å². The van der Waals surface area contributed by atoms with Gasteiger partial charge in [-0.05, 0) is 72.0 Å². The monoisotopic (exact) mass is 416 g/mol. The van der Waals surface area contributed by atoms with Gasteiger partial charge in [0.1, 0.15) is 0 Å². The van der Waals surface area contributed by atoms with Crippen molar-refractivity contribution >= 4 is 28.1 Å². The molecule has 0 fully saturated rings. The number of H-pyrrole nitrogens is 1. The second kappa shape index (κ2) is 8.67. The minimum absolute atomic E-state index is 0.0412. The highest BCUT2D eigenvalue weighted by Crippen LogP contribution is 2.19. The summed E-state index contributed by atoms with van der Waals surface area (Å²) in [6.45, 7) is 4.92. The fourth-order valence-electron chi connectivity index (χ4n) is 3.56. The van der Waals surface area contributed by atoms with Crippen molar-refractivity contribution in [1.82, 2.24) is 9.88 Å². The van der Waals surface area contributed by atoms with Crippen LogP contribution in [-0.4, -0.2) is 22.3 Å². The van der Waals surface area contributed by atoms with Crippen LogP contribution in [0.3, 0.4) is 0 Å². The van der Waals surface area contributed by atoms with Gasteiger partial charge in [-0.15, -0.1) is 11.3 Å². The molecule has 152 valence electrons. The third-order valence-corrected chi connectivity index (χ3v) is 6.29. The van der Waals surface area contributed by atoms with E-state index in [1.54, 1.807) is 4.90 Å². The number of pyridine rings is 1. The average Bonchev–Trinajstić information content (AvgIpc) is 3.28. The summed E-state index contributed by atoms with van der Waals surface area (Å²) in [5.41, 5.74) is 4.77. The minimum Gasteiger partial charge on any atom is -0.333 e. The number of fused-ring (bicyclic) bond motifs is 1. The van der Waals surface area contributed by atoms with Gasteiger partial charge in [0.15, 0.2) is 0 Å². The van der Waals surface area contributed by atoms with Gasteiger partial charge in [-0.1, -0.05) is 36.4 Å². The highest BCUT2D eigenvalue weighted by Gasteiger charge is 2.19. The highest BCUT2D eigenvalue weighted by molar-refractivity contribution is 7.12. The number of aryl methyl sites for hydroxylation is 2. The van der Waals surface area contributed by atoms with E-state index in [1.165, 1.54) is 22.5 Å². The quantitative estimate of drug-likeness (QED) is 0.476. The predicted octanol–water partition coefficient (Wildman–Crippen LogP) is 5.09. The number of nitrogens with zero attached hydrogens (tertiary/aromatic N) is 1. The molecule has 0 unspecified atom stereocenters. The number of carbonyl (C=O) groups excluding carboxylic acids is 1. The SMILES string of the molecule is Cc1cc2cc(CN(CCc3ccccc3)C(=O)c3cccs3)c(=O)[nH]c2cc1C. The summed E-state index contributed by atoms with van der Waals surface area (Å²) in [7, 11) is 0. The van der Waals surface area contributed by atoms with Gasteiger partial charge in [0.05, 0.1) is 11.4 Å². The van der Waals surface area contributed by atoms with Crippen LogP contribution in [0.2, 0.25) is 0 Å². The van der Waals surface area contributed by atoms with Gasteiger partial charge in [0.25, 0.3) is 11.5 Å². The summed E-state index contributed by atoms with van der Waals surface area (Å²) in [6.07, 6.45) is 0.738. The summed E-state index contributed by atoms with van der Waals surface area (Å²) in [5, 5.41) is 2.88. The zero-order valence-corrected chi connectivity index (χ0v) is 18.0. The van der Waals surface area contributed by atoms with E-state index in [-0.39, 0.29) is 18.0 Å². The summed E-state index contributed by atoms with van der Waals surface area (Å²) >= 11 is 1.42. The van der Waals surface area contributed by atoms with Gasteiger partial charge < -0.3 is 9.88 Å². The Morgan fingerprint density at radius 3 is 2.50 bits per heavy atom. The topological polar surface area (TPSA) is 53.2 Å². The molecule has 0 aliphatic heterocycles. The summed E-state index contributed by atoms with van der Waals surface area (Å²) in [5.74, 6) is -0.0412. The first kappa shape index (κ1) is 20.1. The largest absolute Gasteiger partial charge is 0.333 e. The molecule has 0 aliphatic carbocycles. The van der Waals surface area contributed by atoms with Crippen LogP contribution in [0.5, 0.6) is 0 Å². The smallest absolute Gasteiger partial charge is 0.264 e. The molecule has 0 radical (unpaired) electrons. The van der Waals surface area contributed by atoms with Crippen LogP contribution in [0.1, 0.15) is 31.9 Å². The number of aromatic nitrogens is 1. The minimum atomic E-state index is -0.144. The van der Waals surface area contributed by atoms with E-state index in [1.807, 2.05) is 54.8 Å². The Morgan fingerprint density at radius 2 is 1.77 bits per heavy atom. The van der Waals surface area contributed by atoms with E-state index < -0.39 is 0 Å². The second-order valence-corrected chi connectivity index (χ2v) is 8.53. The number of carbonyl (C=O) groups is 1. The number of nitrogens with one attached hydrogen (secondary N) is 1. The van der Waals surface area contributed by atoms with Crippen LogP contribution in [0.4, 0.5) is 0 Å². The van der Waals surface area contributed by atoms with Crippen molar-refractivity contribution in [3.63, 3.8) is 0 Å². The second-order valence-electron chi connectivity index (χ2n) is 7.59. The van der Waals surface area contributed by atoms with E-state index in [0.29, 0.717) is 17.0 Å². The molecule has 0 atom stereocenters. The number of amides is 1. The van der Waals surface area contributed by atoms with Crippen molar-refractivity contribution in [1.29, 1.82) is 0 Å². The zero-order valence-electron chi connectivity index (χ0n) is 17.1. The Balaban J connectivity index is 1.65. The molecule has 0 saturated heterocycles. The molecule has 0 bridgehead atoms. The number of benzene rings is 2. The summed E-state index contributed by atoms with van der Waals surface area (Å²) in [6, 6.07) is 19.8. The number of thiophene rings is 1. The van der Waals surface area contributed by atoms with Crippen LogP contribution >= 0.6 is 11.3 Å². The summed E-state index contributed by atoms with van der Waals surface area (Å²) < 4.78 is 0. The molecule has 0 spiro atoms. The Labute approximate surface area is 179 Å². The molecule has 2 aromatic carbocycles. The lowest BCUT2D eigenvalue weighted by Crippen LogP contribution is -2.34. The van der Waals surface area contributed by atoms with Crippen LogP contribution in [0.25, 0.3) is 10.9 Å². The van der Waals surface area contributed by atoms with Crippen molar-refractivity contribution < 1.29 is 4.79 Å². The maximum Gasteiger partial charge on any atom is 0.264 e. The third-order valence-electron chi connectivity index (χ3n) is 5.43. The van der Waals surface area contributed by atoms with Crippen LogP contribution in [0, 0.1) is 13.8 Å². The van der Waals surface area contributed by atoms with Gasteiger partial charge in [-0.2, -0.15) is 0 Å². The Morgan fingerprint density at radius 1 is 1.00 bits per heavy atom. The molecule has 4 rings (SSSR count). The zero-order chi connectivity index (χ0) is 21.1. The van der Waals surface area contributed by atoms with Gasteiger partial charge in [0, 0.05) is 17.6 Å². The molecular weight excluding hydrogens is 392 g/mol. The molecule has 2 aromatic heterocycles. The number of hydrogen-bond donors (Lipinski definition) is 1. The van der Waals surface area contributed by atoms with E-state index in [4.69, 9.17) is 0 Å². The molecule has 0 saturated carbocycles. The van der Waals surface area contributed by atoms with Crippen LogP contribution in [0.15, 0.2) is 70.8 Å². The maximum absolute atomic E-state index is 13.1. The number of rotatable bonds is 6. The van der Waals surface area contributed by atoms with Crippen molar-refractivity contribution in [2.75, 3.05) is 6.54 Å². The normalized spacial score (nSPS) is 11.0. The van der Waals surface area contributed by atoms with E-state index in [9.17, 15) is 9.59 Å². The van der Waals surface area contributed by atoms with Gasteiger partial charge in [-0.3, -0.25) is 9.59 Å². The molecule has 5 heteroatoms. The fourth-order valence-corrected chi connectivity index (χ4v) is 4.25. The Bertz CT molecular complexity index is 1230. The highest BCUT2D eigenvalue weighted by atomic mass is 32.1. The molecule has 1 amide bonds. The molecule has 4 nitrogen and oxygen atoms in total. The van der Waals surface area contributed by atoms with E-state index in [2.05, 4.69) is 30.1 Å². The molecule has 1 N–H and O–H groups in total. The Hall–Kier alpha value is -3.18. The van der Waals surface area contributed by atoms with Crippen LogP contribution in [-0.2, 0) is 13.0 Å². The average molecular weight is 417 g/mol. The molecule has 2 heterocycles. The van der Waals surface area contributed by atoms with Crippen molar-refractivity contribution in [3.05, 3.63) is 104 Å². The van der Waals surface area contributed by atoms with Gasteiger partial charge in [0.2, 0.25) is 0 Å². The number of hydrogen-bond acceptors (Lipinski definition) is 3. The lowest BCUT2D eigenvalue weighted by Gasteiger charge is -2.22. The van der Waals surface area contributed by atoms with Gasteiger partial charge >= 0.3 is 0 Å². The molecule has 4 aromatic rings. The van der Waals surface area contributed by atoms with Crippen molar-refractivity contribution in [2.24, 2.45) is 0 Å².